The fraction of sp³-hybridized carbons (Fsp3) is 0.381. The highest BCUT2D eigenvalue weighted by atomic mass is 32.2. The zero-order valence-electron chi connectivity index (χ0n) is 16.6. The molecule has 152 valence electrons. The number of carbonyl (C=O) groups is 1. The first-order valence-electron chi connectivity index (χ1n) is 9.20. The minimum absolute atomic E-state index is 0.208. The Kier molecular flexibility index (Phi) is 8.38. The molecule has 0 saturated heterocycles. The number of aryl methyl sites for hydroxylation is 2. The van der Waals surface area contributed by atoms with Crippen molar-refractivity contribution < 1.29 is 13.2 Å². The third-order valence-corrected chi connectivity index (χ3v) is 6.45. The number of sulfonamides is 1. The van der Waals surface area contributed by atoms with Crippen LogP contribution in [0, 0.1) is 13.8 Å². The van der Waals surface area contributed by atoms with Gasteiger partial charge in [-0.15, -0.1) is 0 Å². The molecule has 5 nitrogen and oxygen atoms in total. The molecular formula is C21H28N2O3S2. The molecule has 2 rings (SSSR count). The molecule has 7 heteroatoms. The normalized spacial score (nSPS) is 11.2. The van der Waals surface area contributed by atoms with Gasteiger partial charge in [0, 0.05) is 12.3 Å². The number of carbonyl (C=O) groups excluding carboxylic acids is 1. The standard InChI is InChI=1S/C21H28N2O3S2/c1-17-8-6-10-19(14-17)16-27-13-7-12-22-21(24)15-23(28(3,25)26)20-11-5-4-9-18(20)2/h4-6,8-11,14H,7,12-13,15-16H2,1-3H3,(H,22,24). The van der Waals surface area contributed by atoms with E-state index in [1.54, 1.807) is 12.1 Å². The van der Waals surface area contributed by atoms with Crippen molar-refractivity contribution in [3.63, 3.8) is 0 Å². The fourth-order valence-electron chi connectivity index (χ4n) is 2.80. The summed E-state index contributed by atoms with van der Waals surface area (Å²) in [6.07, 6.45) is 1.96. The van der Waals surface area contributed by atoms with Crippen molar-refractivity contribution in [1.82, 2.24) is 5.32 Å². The SMILES string of the molecule is Cc1cccc(CSCCCNC(=O)CN(c2ccccc2C)S(C)(=O)=O)c1. The lowest BCUT2D eigenvalue weighted by atomic mass is 10.2. The number of nitrogens with zero attached hydrogens (tertiary/aromatic N) is 1. The van der Waals surface area contributed by atoms with Crippen LogP contribution in [0.2, 0.25) is 0 Å². The number of thioether (sulfide) groups is 1. The number of hydrogen-bond acceptors (Lipinski definition) is 4. The minimum Gasteiger partial charge on any atom is -0.354 e. The Hall–Kier alpha value is -1.99. The number of para-hydroxylation sites is 1. The van der Waals surface area contributed by atoms with Gasteiger partial charge in [0.2, 0.25) is 15.9 Å². The molecule has 2 aromatic rings. The van der Waals surface area contributed by atoms with Gasteiger partial charge in [0.1, 0.15) is 6.54 Å². The largest absolute Gasteiger partial charge is 0.354 e. The topological polar surface area (TPSA) is 66.5 Å². The first-order chi connectivity index (χ1) is 13.3. The minimum atomic E-state index is -3.54. The van der Waals surface area contributed by atoms with Crippen LogP contribution in [0.15, 0.2) is 48.5 Å². The summed E-state index contributed by atoms with van der Waals surface area (Å²) in [7, 11) is -3.54. The van der Waals surface area contributed by atoms with Crippen molar-refractivity contribution in [3.8, 4) is 0 Å². The average Bonchev–Trinajstić information content (AvgIpc) is 2.62. The van der Waals surface area contributed by atoms with E-state index in [1.165, 1.54) is 11.1 Å². The lowest BCUT2D eigenvalue weighted by Crippen LogP contribution is -2.41. The first-order valence-corrected chi connectivity index (χ1v) is 12.2. The number of benzene rings is 2. The maximum Gasteiger partial charge on any atom is 0.240 e. The molecule has 0 aromatic heterocycles. The third kappa shape index (κ3) is 7.20. The van der Waals surface area contributed by atoms with Gasteiger partial charge in [0.05, 0.1) is 11.9 Å². The molecular weight excluding hydrogens is 392 g/mol. The van der Waals surface area contributed by atoms with Gasteiger partial charge < -0.3 is 5.32 Å². The molecule has 0 unspecified atom stereocenters. The summed E-state index contributed by atoms with van der Waals surface area (Å²) in [4.78, 5) is 12.3. The smallest absolute Gasteiger partial charge is 0.240 e. The number of rotatable bonds is 10. The molecule has 0 bridgehead atoms. The summed E-state index contributed by atoms with van der Waals surface area (Å²) in [6, 6.07) is 15.6. The Bertz CT molecular complexity index is 898. The summed E-state index contributed by atoms with van der Waals surface area (Å²) < 4.78 is 25.4. The van der Waals surface area contributed by atoms with Gasteiger partial charge in [-0.05, 0) is 43.2 Å². The van der Waals surface area contributed by atoms with Gasteiger partial charge in [-0.25, -0.2) is 8.42 Å². The molecule has 0 heterocycles. The lowest BCUT2D eigenvalue weighted by molar-refractivity contribution is -0.119. The van der Waals surface area contributed by atoms with Crippen LogP contribution < -0.4 is 9.62 Å². The molecule has 28 heavy (non-hydrogen) atoms. The maximum atomic E-state index is 12.3. The molecule has 1 amide bonds. The second-order valence-corrected chi connectivity index (χ2v) is 9.81. The van der Waals surface area contributed by atoms with Crippen molar-refractivity contribution in [2.45, 2.75) is 26.0 Å². The number of amides is 1. The van der Waals surface area contributed by atoms with Gasteiger partial charge in [0.25, 0.3) is 0 Å². The van der Waals surface area contributed by atoms with Crippen molar-refractivity contribution in [2.24, 2.45) is 0 Å². The van der Waals surface area contributed by atoms with Crippen LogP contribution in [0.1, 0.15) is 23.1 Å². The molecule has 0 atom stereocenters. The fourth-order valence-corrected chi connectivity index (χ4v) is 4.63. The summed E-state index contributed by atoms with van der Waals surface area (Å²) in [5, 5.41) is 2.82. The number of hydrogen-bond donors (Lipinski definition) is 1. The summed E-state index contributed by atoms with van der Waals surface area (Å²) in [5.74, 6) is 1.59. The van der Waals surface area contributed by atoms with E-state index in [9.17, 15) is 13.2 Å². The van der Waals surface area contributed by atoms with Crippen molar-refractivity contribution in [1.29, 1.82) is 0 Å². The van der Waals surface area contributed by atoms with E-state index < -0.39 is 10.0 Å². The van der Waals surface area contributed by atoms with Gasteiger partial charge in [0.15, 0.2) is 0 Å². The zero-order chi connectivity index (χ0) is 20.6. The summed E-state index contributed by atoms with van der Waals surface area (Å²) >= 11 is 1.83. The van der Waals surface area contributed by atoms with Crippen LogP contribution in [0.25, 0.3) is 0 Å². The molecule has 0 aliphatic heterocycles. The van der Waals surface area contributed by atoms with E-state index in [1.807, 2.05) is 30.8 Å². The van der Waals surface area contributed by atoms with E-state index in [4.69, 9.17) is 0 Å². The molecule has 0 aliphatic rings. The average molecular weight is 421 g/mol. The molecule has 0 aliphatic carbocycles. The molecule has 0 spiro atoms. The Labute approximate surface area is 172 Å². The number of anilines is 1. The Morgan fingerprint density at radius 2 is 1.86 bits per heavy atom. The molecule has 1 N–H and O–H groups in total. The van der Waals surface area contributed by atoms with Crippen LogP contribution in [-0.4, -0.2) is 39.4 Å². The van der Waals surface area contributed by atoms with E-state index in [2.05, 4.69) is 36.5 Å². The van der Waals surface area contributed by atoms with E-state index in [0.717, 1.165) is 34.1 Å². The summed E-state index contributed by atoms with van der Waals surface area (Å²) in [5.41, 5.74) is 3.91. The van der Waals surface area contributed by atoms with Crippen LogP contribution in [0.5, 0.6) is 0 Å². The van der Waals surface area contributed by atoms with E-state index >= 15 is 0 Å². The zero-order valence-corrected chi connectivity index (χ0v) is 18.3. The van der Waals surface area contributed by atoms with Crippen LogP contribution in [-0.2, 0) is 20.6 Å². The van der Waals surface area contributed by atoms with Gasteiger partial charge >= 0.3 is 0 Å². The van der Waals surface area contributed by atoms with Crippen LogP contribution >= 0.6 is 11.8 Å². The summed E-state index contributed by atoms with van der Waals surface area (Å²) in [6.45, 7) is 4.24. The predicted octanol–water partition coefficient (Wildman–Crippen LogP) is 3.51. The second kappa shape index (κ2) is 10.5. The van der Waals surface area contributed by atoms with E-state index in [0.29, 0.717) is 12.2 Å². The Morgan fingerprint density at radius 1 is 1.11 bits per heavy atom. The van der Waals surface area contributed by atoms with Gasteiger partial charge in [-0.3, -0.25) is 9.10 Å². The number of nitrogens with one attached hydrogen (secondary N) is 1. The Balaban J connectivity index is 1.76. The third-order valence-electron chi connectivity index (χ3n) is 4.21. The Morgan fingerprint density at radius 3 is 2.54 bits per heavy atom. The van der Waals surface area contributed by atoms with E-state index in [-0.39, 0.29) is 12.5 Å². The lowest BCUT2D eigenvalue weighted by Gasteiger charge is -2.23. The quantitative estimate of drug-likeness (QED) is 0.598. The highest BCUT2D eigenvalue weighted by Gasteiger charge is 2.21. The predicted molar refractivity (Wildman–Crippen MR) is 118 cm³/mol. The van der Waals surface area contributed by atoms with Gasteiger partial charge in [-0.2, -0.15) is 11.8 Å². The molecule has 2 aromatic carbocycles. The molecule has 0 radical (unpaired) electrons. The van der Waals surface area contributed by atoms with Crippen molar-refractivity contribution in [2.75, 3.05) is 29.4 Å². The van der Waals surface area contributed by atoms with Crippen molar-refractivity contribution >= 4 is 33.4 Å². The second-order valence-electron chi connectivity index (χ2n) is 6.80. The first kappa shape index (κ1) is 22.3. The van der Waals surface area contributed by atoms with Crippen molar-refractivity contribution in [3.05, 3.63) is 65.2 Å². The highest BCUT2D eigenvalue weighted by Crippen LogP contribution is 2.21. The van der Waals surface area contributed by atoms with Crippen LogP contribution in [0.4, 0.5) is 5.69 Å². The molecule has 0 saturated carbocycles. The molecule has 0 fully saturated rings. The highest BCUT2D eigenvalue weighted by molar-refractivity contribution is 7.98. The maximum absolute atomic E-state index is 12.3. The monoisotopic (exact) mass is 420 g/mol. The van der Waals surface area contributed by atoms with Gasteiger partial charge in [-0.1, -0.05) is 48.0 Å². The van der Waals surface area contributed by atoms with Crippen LogP contribution in [0.3, 0.4) is 0 Å².